The molecule has 0 unspecified atom stereocenters. The maximum Gasteiger partial charge on any atom is 0.272 e. The molecule has 5 nitrogen and oxygen atoms in total. The molecular weight excluding hydrogens is 238 g/mol. The summed E-state index contributed by atoms with van der Waals surface area (Å²) in [6.45, 7) is 1.90. The Morgan fingerprint density at radius 1 is 1.47 bits per heavy atom. The molecule has 0 aliphatic carbocycles. The Bertz CT molecular complexity index is 542. The monoisotopic (exact) mass is 249 g/mol. The number of thiophene rings is 1. The minimum Gasteiger partial charge on any atom is -0.343 e. The van der Waals surface area contributed by atoms with Crippen LogP contribution in [0, 0.1) is 0 Å². The summed E-state index contributed by atoms with van der Waals surface area (Å²) in [6.07, 6.45) is 0. The van der Waals surface area contributed by atoms with Crippen LogP contribution in [-0.4, -0.2) is 16.1 Å². The first-order chi connectivity index (χ1) is 8.16. The van der Waals surface area contributed by atoms with Gasteiger partial charge in [-0.1, -0.05) is 6.07 Å². The fourth-order valence-corrected chi connectivity index (χ4v) is 2.08. The number of carbonyl (C=O) groups is 1. The maximum absolute atomic E-state index is 11.8. The lowest BCUT2D eigenvalue weighted by molar-refractivity contribution is 0.0934. The highest BCUT2D eigenvalue weighted by Gasteiger charge is 2.12. The number of hydrogen-bond donors (Lipinski definition) is 2. The highest BCUT2D eigenvalue weighted by atomic mass is 32.1. The zero-order valence-corrected chi connectivity index (χ0v) is 9.95. The van der Waals surface area contributed by atoms with Crippen LogP contribution in [0.1, 0.15) is 28.3 Å². The molecule has 2 rings (SSSR count). The standard InChI is InChI=1S/C11H11N3O2S/c1-7(9-3-2-6-17-9)12-11(16)8-4-5-10(15)14-13-8/h2-7H,1H3,(H,12,16)(H,14,15)/t7-/m0/s1. The van der Waals surface area contributed by atoms with E-state index in [1.54, 1.807) is 11.3 Å². The van der Waals surface area contributed by atoms with Gasteiger partial charge in [0.2, 0.25) is 0 Å². The van der Waals surface area contributed by atoms with Crippen LogP contribution >= 0.6 is 11.3 Å². The molecule has 0 saturated heterocycles. The number of aromatic nitrogens is 2. The number of nitrogens with zero attached hydrogens (tertiary/aromatic N) is 1. The molecule has 0 spiro atoms. The Labute approximate surface area is 102 Å². The van der Waals surface area contributed by atoms with Crippen molar-refractivity contribution in [3.8, 4) is 0 Å². The van der Waals surface area contributed by atoms with Crippen molar-refractivity contribution in [3.63, 3.8) is 0 Å². The van der Waals surface area contributed by atoms with Crippen molar-refractivity contribution in [2.75, 3.05) is 0 Å². The summed E-state index contributed by atoms with van der Waals surface area (Å²) in [5.74, 6) is -0.304. The highest BCUT2D eigenvalue weighted by Crippen LogP contribution is 2.18. The fraction of sp³-hybridized carbons (Fsp3) is 0.182. The largest absolute Gasteiger partial charge is 0.343 e. The summed E-state index contributed by atoms with van der Waals surface area (Å²) in [5.41, 5.74) is -0.124. The van der Waals surface area contributed by atoms with Gasteiger partial charge in [0, 0.05) is 10.9 Å². The smallest absolute Gasteiger partial charge is 0.272 e. The van der Waals surface area contributed by atoms with Gasteiger partial charge < -0.3 is 5.32 Å². The summed E-state index contributed by atoms with van der Waals surface area (Å²) in [4.78, 5) is 23.6. The Hall–Kier alpha value is -1.95. The van der Waals surface area contributed by atoms with Gasteiger partial charge in [0.05, 0.1) is 6.04 Å². The molecule has 6 heteroatoms. The zero-order chi connectivity index (χ0) is 12.3. The van der Waals surface area contributed by atoms with E-state index in [0.29, 0.717) is 0 Å². The molecule has 0 radical (unpaired) electrons. The van der Waals surface area contributed by atoms with Crippen LogP contribution in [0.15, 0.2) is 34.4 Å². The van der Waals surface area contributed by atoms with E-state index in [4.69, 9.17) is 0 Å². The molecule has 0 aromatic carbocycles. The van der Waals surface area contributed by atoms with Gasteiger partial charge in [-0.05, 0) is 24.4 Å². The predicted octanol–water partition coefficient (Wildman–Crippen LogP) is 1.32. The highest BCUT2D eigenvalue weighted by molar-refractivity contribution is 7.10. The van der Waals surface area contributed by atoms with Gasteiger partial charge in [0.15, 0.2) is 0 Å². The number of rotatable bonds is 3. The molecule has 0 fully saturated rings. The van der Waals surface area contributed by atoms with Crippen molar-refractivity contribution in [2.45, 2.75) is 13.0 Å². The number of nitrogens with one attached hydrogen (secondary N) is 2. The van der Waals surface area contributed by atoms with Crippen LogP contribution < -0.4 is 10.9 Å². The first-order valence-corrected chi connectivity index (χ1v) is 5.95. The molecule has 2 heterocycles. The summed E-state index contributed by atoms with van der Waals surface area (Å²) >= 11 is 1.58. The van der Waals surface area contributed by atoms with Gasteiger partial charge in [-0.3, -0.25) is 9.59 Å². The van der Waals surface area contributed by atoms with Crippen molar-refractivity contribution in [1.29, 1.82) is 0 Å². The lowest BCUT2D eigenvalue weighted by Gasteiger charge is -2.11. The Morgan fingerprint density at radius 3 is 2.88 bits per heavy atom. The van der Waals surface area contributed by atoms with Crippen LogP contribution in [-0.2, 0) is 0 Å². The van der Waals surface area contributed by atoms with E-state index < -0.39 is 0 Å². The van der Waals surface area contributed by atoms with E-state index in [1.807, 2.05) is 24.4 Å². The third kappa shape index (κ3) is 2.79. The van der Waals surface area contributed by atoms with Crippen molar-refractivity contribution in [1.82, 2.24) is 15.5 Å². The molecule has 2 aromatic heterocycles. The van der Waals surface area contributed by atoms with E-state index >= 15 is 0 Å². The number of carbonyl (C=O) groups excluding carboxylic acids is 1. The quantitative estimate of drug-likeness (QED) is 0.861. The van der Waals surface area contributed by atoms with Crippen molar-refractivity contribution in [2.24, 2.45) is 0 Å². The minimum absolute atomic E-state index is 0.0729. The Kier molecular flexibility index (Phi) is 3.34. The van der Waals surface area contributed by atoms with E-state index in [9.17, 15) is 9.59 Å². The number of amides is 1. The molecule has 0 bridgehead atoms. The van der Waals surface area contributed by atoms with Crippen molar-refractivity contribution in [3.05, 3.63) is 50.6 Å². The molecule has 1 amide bonds. The zero-order valence-electron chi connectivity index (χ0n) is 9.14. The Balaban J connectivity index is 2.07. The molecule has 88 valence electrons. The van der Waals surface area contributed by atoms with Crippen molar-refractivity contribution < 1.29 is 4.79 Å². The summed E-state index contributed by atoms with van der Waals surface area (Å²) in [6, 6.07) is 6.49. The second-order valence-corrected chi connectivity index (χ2v) is 4.50. The number of hydrogen-bond acceptors (Lipinski definition) is 4. The maximum atomic E-state index is 11.8. The van der Waals surface area contributed by atoms with Crippen LogP contribution in [0.25, 0.3) is 0 Å². The van der Waals surface area contributed by atoms with E-state index in [2.05, 4.69) is 15.5 Å². The normalized spacial score (nSPS) is 12.1. The van der Waals surface area contributed by atoms with Gasteiger partial charge in [0.1, 0.15) is 5.69 Å². The molecule has 0 aliphatic heterocycles. The van der Waals surface area contributed by atoms with Crippen LogP contribution in [0.3, 0.4) is 0 Å². The third-order valence-corrected chi connectivity index (χ3v) is 3.28. The lowest BCUT2D eigenvalue weighted by atomic mass is 10.2. The molecule has 2 N–H and O–H groups in total. The van der Waals surface area contributed by atoms with E-state index in [-0.39, 0.29) is 23.2 Å². The fourth-order valence-electron chi connectivity index (χ4n) is 1.35. The Morgan fingerprint density at radius 2 is 2.29 bits per heavy atom. The first kappa shape index (κ1) is 11.5. The van der Waals surface area contributed by atoms with Gasteiger partial charge >= 0.3 is 0 Å². The average molecular weight is 249 g/mol. The van der Waals surface area contributed by atoms with E-state index in [0.717, 1.165) is 4.88 Å². The predicted molar refractivity (Wildman–Crippen MR) is 65.1 cm³/mol. The molecule has 1 atom stereocenters. The molecular formula is C11H11N3O2S. The SMILES string of the molecule is C[C@H](NC(=O)c1ccc(=O)[nH]n1)c1cccs1. The number of H-pyrrole nitrogens is 1. The molecule has 0 aliphatic rings. The van der Waals surface area contributed by atoms with Gasteiger partial charge in [-0.15, -0.1) is 11.3 Å². The van der Waals surface area contributed by atoms with Gasteiger partial charge in [-0.2, -0.15) is 5.10 Å². The van der Waals surface area contributed by atoms with E-state index in [1.165, 1.54) is 12.1 Å². The molecule has 17 heavy (non-hydrogen) atoms. The lowest BCUT2D eigenvalue weighted by Crippen LogP contribution is -2.28. The third-order valence-electron chi connectivity index (χ3n) is 2.23. The summed E-state index contributed by atoms with van der Waals surface area (Å²) in [7, 11) is 0. The topological polar surface area (TPSA) is 74.8 Å². The first-order valence-electron chi connectivity index (χ1n) is 5.07. The van der Waals surface area contributed by atoms with Crippen LogP contribution in [0.5, 0.6) is 0 Å². The number of aromatic amines is 1. The summed E-state index contributed by atoms with van der Waals surface area (Å²) < 4.78 is 0. The summed E-state index contributed by atoms with van der Waals surface area (Å²) in [5, 5.41) is 10.7. The van der Waals surface area contributed by atoms with Crippen LogP contribution in [0.2, 0.25) is 0 Å². The van der Waals surface area contributed by atoms with Gasteiger partial charge in [-0.25, -0.2) is 5.10 Å². The second-order valence-electron chi connectivity index (χ2n) is 3.52. The molecule has 0 saturated carbocycles. The van der Waals surface area contributed by atoms with Crippen molar-refractivity contribution >= 4 is 17.2 Å². The van der Waals surface area contributed by atoms with Crippen LogP contribution in [0.4, 0.5) is 0 Å². The minimum atomic E-state index is -0.326. The van der Waals surface area contributed by atoms with Gasteiger partial charge in [0.25, 0.3) is 11.5 Å². The average Bonchev–Trinajstić information content (AvgIpc) is 2.83. The second kappa shape index (κ2) is 4.92. The molecule has 2 aromatic rings.